The van der Waals surface area contributed by atoms with Gasteiger partial charge in [-0.1, -0.05) is 23.7 Å². The zero-order chi connectivity index (χ0) is 10.2. The van der Waals surface area contributed by atoms with Gasteiger partial charge in [0.05, 0.1) is 6.67 Å². The van der Waals surface area contributed by atoms with Gasteiger partial charge in [0.15, 0.2) is 0 Å². The highest BCUT2D eigenvalue weighted by Gasteiger charge is 1.93. The second-order valence-corrected chi connectivity index (χ2v) is 3.61. The van der Waals surface area contributed by atoms with Crippen molar-refractivity contribution < 1.29 is 4.39 Å². The van der Waals surface area contributed by atoms with Crippen molar-refractivity contribution in [3.05, 3.63) is 34.9 Å². The summed E-state index contributed by atoms with van der Waals surface area (Å²) in [5, 5.41) is 3.94. The average Bonchev–Trinajstić information content (AvgIpc) is 2.21. The Morgan fingerprint density at radius 3 is 2.50 bits per heavy atom. The van der Waals surface area contributed by atoms with Gasteiger partial charge in [-0.05, 0) is 43.6 Å². The van der Waals surface area contributed by atoms with Gasteiger partial charge in [0.1, 0.15) is 0 Å². The fraction of sp³-hybridized carbons (Fsp3) is 0.455. The largest absolute Gasteiger partial charge is 0.316 e. The van der Waals surface area contributed by atoms with Gasteiger partial charge in [0.25, 0.3) is 0 Å². The topological polar surface area (TPSA) is 12.0 Å². The molecule has 3 heteroatoms. The number of rotatable bonds is 6. The number of hydrogen-bond donors (Lipinski definition) is 1. The first-order chi connectivity index (χ1) is 6.83. The SMILES string of the molecule is FCCCNCCc1ccc(Cl)cc1. The summed E-state index contributed by atoms with van der Waals surface area (Å²) in [7, 11) is 0. The molecule has 0 saturated heterocycles. The monoisotopic (exact) mass is 215 g/mol. The highest BCUT2D eigenvalue weighted by atomic mass is 35.5. The summed E-state index contributed by atoms with van der Waals surface area (Å²) in [6, 6.07) is 7.80. The highest BCUT2D eigenvalue weighted by molar-refractivity contribution is 6.30. The molecule has 14 heavy (non-hydrogen) atoms. The lowest BCUT2D eigenvalue weighted by Gasteiger charge is -2.03. The number of halogens is 2. The summed E-state index contributed by atoms with van der Waals surface area (Å²) in [6.07, 6.45) is 1.56. The number of alkyl halides is 1. The lowest BCUT2D eigenvalue weighted by Crippen LogP contribution is -2.18. The molecule has 1 rings (SSSR count). The molecule has 1 aromatic rings. The lowest BCUT2D eigenvalue weighted by atomic mass is 10.1. The maximum atomic E-state index is 11.7. The second-order valence-electron chi connectivity index (χ2n) is 3.17. The van der Waals surface area contributed by atoms with E-state index >= 15 is 0 Å². The summed E-state index contributed by atoms with van der Waals surface area (Å²) in [5.74, 6) is 0. The zero-order valence-corrected chi connectivity index (χ0v) is 8.86. The number of benzene rings is 1. The molecule has 0 aliphatic rings. The van der Waals surface area contributed by atoms with E-state index in [1.165, 1.54) is 5.56 Å². The third-order valence-corrected chi connectivity index (χ3v) is 2.24. The molecule has 0 bridgehead atoms. The van der Waals surface area contributed by atoms with Gasteiger partial charge in [0, 0.05) is 5.02 Å². The third-order valence-electron chi connectivity index (χ3n) is 1.99. The van der Waals surface area contributed by atoms with E-state index in [1.807, 2.05) is 24.3 Å². The summed E-state index contributed by atoms with van der Waals surface area (Å²) in [6.45, 7) is 1.40. The molecule has 1 nitrogen and oxygen atoms in total. The van der Waals surface area contributed by atoms with Gasteiger partial charge < -0.3 is 5.32 Å². The molecule has 0 heterocycles. The Morgan fingerprint density at radius 1 is 1.14 bits per heavy atom. The number of hydrogen-bond acceptors (Lipinski definition) is 1. The maximum absolute atomic E-state index is 11.7. The number of nitrogens with one attached hydrogen (secondary N) is 1. The van der Waals surface area contributed by atoms with Gasteiger partial charge in [-0.2, -0.15) is 0 Å². The van der Waals surface area contributed by atoms with Crippen molar-refractivity contribution in [1.82, 2.24) is 5.32 Å². The average molecular weight is 216 g/mol. The first kappa shape index (κ1) is 11.5. The normalized spacial score (nSPS) is 10.4. The maximum Gasteiger partial charge on any atom is 0.0906 e. The molecule has 1 N–H and O–H groups in total. The van der Waals surface area contributed by atoms with Crippen molar-refractivity contribution in [2.75, 3.05) is 19.8 Å². The fourth-order valence-corrected chi connectivity index (χ4v) is 1.33. The first-order valence-electron chi connectivity index (χ1n) is 4.84. The van der Waals surface area contributed by atoms with Gasteiger partial charge in [0.2, 0.25) is 0 Å². The van der Waals surface area contributed by atoms with Crippen LogP contribution in [0.25, 0.3) is 0 Å². The summed E-state index contributed by atoms with van der Waals surface area (Å²) < 4.78 is 11.7. The summed E-state index contributed by atoms with van der Waals surface area (Å²) >= 11 is 5.76. The van der Waals surface area contributed by atoms with Crippen molar-refractivity contribution in [3.63, 3.8) is 0 Å². The van der Waals surface area contributed by atoms with Crippen LogP contribution in [-0.2, 0) is 6.42 Å². The summed E-state index contributed by atoms with van der Waals surface area (Å²) in [5.41, 5.74) is 1.25. The molecule has 0 aliphatic heterocycles. The van der Waals surface area contributed by atoms with Crippen LogP contribution >= 0.6 is 11.6 Å². The predicted octanol–water partition coefficient (Wildman–Crippen LogP) is 2.83. The van der Waals surface area contributed by atoms with Gasteiger partial charge in [-0.15, -0.1) is 0 Å². The van der Waals surface area contributed by atoms with E-state index in [4.69, 9.17) is 11.6 Å². The van der Waals surface area contributed by atoms with E-state index in [2.05, 4.69) is 5.32 Å². The van der Waals surface area contributed by atoms with Crippen LogP contribution in [0.3, 0.4) is 0 Å². The Morgan fingerprint density at radius 2 is 1.86 bits per heavy atom. The Labute approximate surface area is 89.3 Å². The van der Waals surface area contributed by atoms with Crippen LogP contribution in [0.15, 0.2) is 24.3 Å². The minimum Gasteiger partial charge on any atom is -0.316 e. The lowest BCUT2D eigenvalue weighted by molar-refractivity contribution is 0.460. The molecule has 0 spiro atoms. The quantitative estimate of drug-likeness (QED) is 0.720. The molecule has 0 aromatic heterocycles. The van der Waals surface area contributed by atoms with E-state index in [0.717, 1.165) is 24.5 Å². The molecule has 0 unspecified atom stereocenters. The van der Waals surface area contributed by atoms with Crippen molar-refractivity contribution >= 4 is 11.6 Å². The van der Waals surface area contributed by atoms with Crippen LogP contribution in [0.2, 0.25) is 5.02 Å². The predicted molar refractivity (Wildman–Crippen MR) is 58.6 cm³/mol. The molecular weight excluding hydrogens is 201 g/mol. The van der Waals surface area contributed by atoms with Crippen LogP contribution in [0.4, 0.5) is 4.39 Å². The smallest absolute Gasteiger partial charge is 0.0906 e. The van der Waals surface area contributed by atoms with Gasteiger partial charge in [-0.3, -0.25) is 4.39 Å². The van der Waals surface area contributed by atoms with Gasteiger partial charge >= 0.3 is 0 Å². The van der Waals surface area contributed by atoms with Gasteiger partial charge in [-0.25, -0.2) is 0 Å². The summed E-state index contributed by atoms with van der Waals surface area (Å²) in [4.78, 5) is 0. The molecule has 0 aliphatic carbocycles. The van der Waals surface area contributed by atoms with E-state index in [-0.39, 0.29) is 6.67 Å². The van der Waals surface area contributed by atoms with Crippen LogP contribution in [0.1, 0.15) is 12.0 Å². The van der Waals surface area contributed by atoms with E-state index in [0.29, 0.717) is 6.42 Å². The van der Waals surface area contributed by atoms with Crippen molar-refractivity contribution in [3.8, 4) is 0 Å². The Balaban J connectivity index is 2.15. The van der Waals surface area contributed by atoms with Crippen molar-refractivity contribution in [1.29, 1.82) is 0 Å². The first-order valence-corrected chi connectivity index (χ1v) is 5.22. The van der Waals surface area contributed by atoms with E-state index < -0.39 is 0 Å². The minimum atomic E-state index is -0.242. The molecule has 0 amide bonds. The standard InChI is InChI=1S/C11H15ClFN/c12-11-4-2-10(3-5-11)6-9-14-8-1-7-13/h2-5,14H,1,6-9H2. The van der Waals surface area contributed by atoms with E-state index in [1.54, 1.807) is 0 Å². The van der Waals surface area contributed by atoms with Crippen LogP contribution < -0.4 is 5.32 Å². The Kier molecular flexibility index (Phi) is 5.57. The molecule has 0 atom stereocenters. The Bertz CT molecular complexity index is 248. The van der Waals surface area contributed by atoms with Crippen molar-refractivity contribution in [2.24, 2.45) is 0 Å². The second kappa shape index (κ2) is 6.80. The van der Waals surface area contributed by atoms with E-state index in [9.17, 15) is 4.39 Å². The fourth-order valence-electron chi connectivity index (χ4n) is 1.20. The molecule has 0 saturated carbocycles. The molecular formula is C11H15ClFN. The van der Waals surface area contributed by atoms with Crippen LogP contribution in [0.5, 0.6) is 0 Å². The highest BCUT2D eigenvalue weighted by Crippen LogP contribution is 2.09. The van der Waals surface area contributed by atoms with Crippen LogP contribution in [-0.4, -0.2) is 19.8 Å². The molecule has 0 radical (unpaired) electrons. The molecule has 0 fully saturated rings. The third kappa shape index (κ3) is 4.58. The molecule has 1 aromatic carbocycles. The zero-order valence-electron chi connectivity index (χ0n) is 8.10. The van der Waals surface area contributed by atoms with Crippen LogP contribution in [0, 0.1) is 0 Å². The molecule has 78 valence electrons. The van der Waals surface area contributed by atoms with Crippen molar-refractivity contribution in [2.45, 2.75) is 12.8 Å². The Hall–Kier alpha value is -0.600. The minimum absolute atomic E-state index is 0.242.